The number of carbonyl (C=O) groups excluding carboxylic acids is 1. The van der Waals surface area contributed by atoms with E-state index in [4.69, 9.17) is 5.73 Å². The summed E-state index contributed by atoms with van der Waals surface area (Å²) in [5, 5.41) is -0.200. The molecule has 1 amide bonds. The molecule has 0 saturated carbocycles. The van der Waals surface area contributed by atoms with Crippen molar-refractivity contribution in [1.29, 1.82) is 0 Å². The molecule has 2 heterocycles. The summed E-state index contributed by atoms with van der Waals surface area (Å²) < 4.78 is 0. The first kappa shape index (κ1) is 9.13. The van der Waals surface area contributed by atoms with Crippen LogP contribution >= 0.6 is 0 Å². The van der Waals surface area contributed by atoms with Crippen LogP contribution in [0.4, 0.5) is 0 Å². The zero-order valence-corrected chi connectivity index (χ0v) is 7.40. The second-order valence-electron chi connectivity index (χ2n) is 2.85. The third-order valence-corrected chi connectivity index (χ3v) is 1.94. The molecule has 0 aliphatic carbocycles. The van der Waals surface area contributed by atoms with Gasteiger partial charge in [0.2, 0.25) is 5.43 Å². The van der Waals surface area contributed by atoms with E-state index in [1.807, 2.05) is 0 Å². The number of hydrogen-bond acceptors (Lipinski definition) is 4. The number of aromatic nitrogens is 3. The van der Waals surface area contributed by atoms with Crippen molar-refractivity contribution < 1.29 is 4.79 Å². The first-order valence-electron chi connectivity index (χ1n) is 4.00. The molecule has 2 aromatic heterocycles. The SMILES string of the molecule is NC(=O)c1c[nH]c2nc[nH]c(=O)c2c1=O. The van der Waals surface area contributed by atoms with Crippen LogP contribution < -0.4 is 16.7 Å². The fourth-order valence-electron chi connectivity index (χ4n) is 1.24. The Morgan fingerprint density at radius 2 is 2.07 bits per heavy atom. The van der Waals surface area contributed by atoms with Gasteiger partial charge in [-0.25, -0.2) is 4.98 Å². The first-order valence-corrected chi connectivity index (χ1v) is 4.00. The maximum absolute atomic E-state index is 11.6. The van der Waals surface area contributed by atoms with E-state index in [1.54, 1.807) is 0 Å². The maximum Gasteiger partial charge on any atom is 0.264 e. The molecule has 4 N–H and O–H groups in total. The molecule has 0 aliphatic rings. The number of fused-ring (bicyclic) bond motifs is 1. The number of rotatable bonds is 1. The van der Waals surface area contributed by atoms with Crippen molar-refractivity contribution >= 4 is 16.9 Å². The van der Waals surface area contributed by atoms with E-state index in [1.165, 1.54) is 0 Å². The average Bonchev–Trinajstić information content (AvgIpc) is 2.17. The number of primary amides is 1. The molecule has 76 valence electrons. The Hall–Kier alpha value is -2.44. The molecule has 2 aromatic rings. The Morgan fingerprint density at radius 3 is 2.73 bits per heavy atom. The van der Waals surface area contributed by atoms with Gasteiger partial charge in [-0.15, -0.1) is 0 Å². The highest BCUT2D eigenvalue weighted by Crippen LogP contribution is 1.97. The zero-order chi connectivity index (χ0) is 11.0. The van der Waals surface area contributed by atoms with Crippen molar-refractivity contribution in [2.75, 3.05) is 0 Å². The fourth-order valence-corrected chi connectivity index (χ4v) is 1.24. The lowest BCUT2D eigenvalue weighted by Gasteiger charge is -1.97. The number of carbonyl (C=O) groups is 1. The van der Waals surface area contributed by atoms with E-state index in [0.29, 0.717) is 0 Å². The quantitative estimate of drug-likeness (QED) is 0.537. The molecule has 0 aromatic carbocycles. The molecule has 0 fully saturated rings. The van der Waals surface area contributed by atoms with Gasteiger partial charge in [0.1, 0.15) is 16.6 Å². The van der Waals surface area contributed by atoms with Gasteiger partial charge in [0.05, 0.1) is 6.33 Å². The van der Waals surface area contributed by atoms with Crippen LogP contribution in [0.3, 0.4) is 0 Å². The number of nitrogens with two attached hydrogens (primary N) is 1. The van der Waals surface area contributed by atoms with E-state index in [0.717, 1.165) is 12.5 Å². The van der Waals surface area contributed by atoms with Crippen LogP contribution in [-0.4, -0.2) is 20.9 Å². The van der Waals surface area contributed by atoms with Crippen molar-refractivity contribution in [1.82, 2.24) is 15.0 Å². The molecular weight excluding hydrogens is 200 g/mol. The Kier molecular flexibility index (Phi) is 1.86. The van der Waals surface area contributed by atoms with Gasteiger partial charge in [-0.05, 0) is 0 Å². The van der Waals surface area contributed by atoms with Crippen molar-refractivity contribution in [3.8, 4) is 0 Å². The molecule has 0 aliphatic heterocycles. The lowest BCUT2D eigenvalue weighted by molar-refractivity contribution is 0.0999. The largest absolute Gasteiger partial charge is 0.365 e. The summed E-state index contributed by atoms with van der Waals surface area (Å²) in [6.07, 6.45) is 2.30. The zero-order valence-electron chi connectivity index (χ0n) is 7.40. The van der Waals surface area contributed by atoms with Gasteiger partial charge < -0.3 is 15.7 Å². The minimum atomic E-state index is -0.888. The van der Waals surface area contributed by atoms with Crippen LogP contribution in [0.15, 0.2) is 22.1 Å². The maximum atomic E-state index is 11.6. The molecule has 7 nitrogen and oxygen atoms in total. The normalized spacial score (nSPS) is 10.4. The summed E-state index contributed by atoms with van der Waals surface area (Å²) in [4.78, 5) is 42.3. The monoisotopic (exact) mass is 206 g/mol. The smallest absolute Gasteiger partial charge is 0.264 e. The molecule has 0 saturated heterocycles. The van der Waals surface area contributed by atoms with Gasteiger partial charge in [-0.3, -0.25) is 14.4 Å². The summed E-state index contributed by atoms with van der Waals surface area (Å²) in [5.41, 5.74) is 3.50. The molecule has 0 radical (unpaired) electrons. The Morgan fingerprint density at radius 1 is 1.33 bits per heavy atom. The minimum Gasteiger partial charge on any atom is -0.365 e. The highest BCUT2D eigenvalue weighted by atomic mass is 16.2. The van der Waals surface area contributed by atoms with Crippen LogP contribution in [0.5, 0.6) is 0 Å². The molecule has 15 heavy (non-hydrogen) atoms. The molecule has 0 bridgehead atoms. The Bertz CT molecular complexity index is 655. The van der Waals surface area contributed by atoms with Crippen LogP contribution in [-0.2, 0) is 0 Å². The molecule has 0 unspecified atom stereocenters. The van der Waals surface area contributed by atoms with E-state index >= 15 is 0 Å². The van der Waals surface area contributed by atoms with Crippen LogP contribution in [0.2, 0.25) is 0 Å². The van der Waals surface area contributed by atoms with Crippen molar-refractivity contribution in [2.45, 2.75) is 0 Å². The number of amides is 1. The van der Waals surface area contributed by atoms with Gasteiger partial charge >= 0.3 is 0 Å². The van der Waals surface area contributed by atoms with Gasteiger partial charge in [0, 0.05) is 6.20 Å². The second-order valence-corrected chi connectivity index (χ2v) is 2.85. The standard InChI is InChI=1S/C8H6N4O3/c9-6(14)3-1-10-7-4(5(3)13)8(15)12-2-11-7/h1-2H,(H2,9,14)(H2,10,11,12,13,15). The number of H-pyrrole nitrogens is 2. The summed E-state index contributed by atoms with van der Waals surface area (Å²) >= 11 is 0. The number of aromatic amines is 2. The molecule has 7 heteroatoms. The summed E-state index contributed by atoms with van der Waals surface area (Å²) in [5.74, 6) is -0.888. The van der Waals surface area contributed by atoms with Crippen molar-refractivity contribution in [3.05, 3.63) is 38.7 Å². The van der Waals surface area contributed by atoms with E-state index in [-0.39, 0.29) is 16.6 Å². The number of hydrogen-bond donors (Lipinski definition) is 3. The van der Waals surface area contributed by atoms with Crippen LogP contribution in [0, 0.1) is 0 Å². The van der Waals surface area contributed by atoms with Crippen molar-refractivity contribution in [2.24, 2.45) is 5.73 Å². The fraction of sp³-hybridized carbons (Fsp3) is 0. The van der Waals surface area contributed by atoms with Gasteiger partial charge in [-0.2, -0.15) is 0 Å². The third kappa shape index (κ3) is 1.30. The van der Waals surface area contributed by atoms with Crippen LogP contribution in [0.1, 0.15) is 10.4 Å². The number of nitrogens with one attached hydrogen (secondary N) is 2. The van der Waals surface area contributed by atoms with Gasteiger partial charge in [0.15, 0.2) is 0 Å². The number of nitrogens with zero attached hydrogens (tertiary/aromatic N) is 1. The van der Waals surface area contributed by atoms with E-state index in [2.05, 4.69) is 15.0 Å². The topological polar surface area (TPSA) is 122 Å². The lowest BCUT2D eigenvalue weighted by Crippen LogP contribution is -2.26. The second kappa shape index (κ2) is 3.05. The predicted octanol–water partition coefficient (Wildman–Crippen LogP) is -1.29. The molecular formula is C8H6N4O3. The van der Waals surface area contributed by atoms with E-state index in [9.17, 15) is 14.4 Å². The summed E-state index contributed by atoms with van der Waals surface area (Å²) in [7, 11) is 0. The van der Waals surface area contributed by atoms with E-state index < -0.39 is 16.9 Å². The number of pyridine rings is 1. The molecule has 0 atom stereocenters. The highest BCUT2D eigenvalue weighted by Gasteiger charge is 2.12. The highest BCUT2D eigenvalue weighted by molar-refractivity contribution is 5.95. The Balaban J connectivity index is 3.03. The predicted molar refractivity (Wildman–Crippen MR) is 51.5 cm³/mol. The third-order valence-electron chi connectivity index (χ3n) is 1.94. The lowest BCUT2D eigenvalue weighted by atomic mass is 10.2. The summed E-state index contributed by atoms with van der Waals surface area (Å²) in [6.45, 7) is 0. The average molecular weight is 206 g/mol. The Labute approximate surface area is 82.0 Å². The molecule has 2 rings (SSSR count). The van der Waals surface area contributed by atoms with Gasteiger partial charge in [-0.1, -0.05) is 0 Å². The summed E-state index contributed by atoms with van der Waals surface area (Å²) in [6, 6.07) is 0. The minimum absolute atomic E-state index is 0.119. The first-order chi connectivity index (χ1) is 7.11. The van der Waals surface area contributed by atoms with Gasteiger partial charge in [0.25, 0.3) is 11.5 Å². The molecule has 0 spiro atoms. The van der Waals surface area contributed by atoms with Crippen molar-refractivity contribution in [3.63, 3.8) is 0 Å². The van der Waals surface area contributed by atoms with Crippen LogP contribution in [0.25, 0.3) is 11.0 Å².